The lowest BCUT2D eigenvalue weighted by atomic mass is 10.3. The Kier molecular flexibility index (Phi) is 3.63. The van der Waals surface area contributed by atoms with E-state index in [1.165, 1.54) is 17.9 Å². The molecule has 3 aromatic rings. The third-order valence-corrected chi connectivity index (χ3v) is 3.91. The van der Waals surface area contributed by atoms with Gasteiger partial charge in [0, 0.05) is 20.5 Å². The molecule has 122 valence electrons. The molecular formula is C14H18N6O3. The van der Waals surface area contributed by atoms with Crippen molar-refractivity contribution in [2.45, 2.75) is 32.7 Å². The maximum Gasteiger partial charge on any atom is 0.332 e. The predicted molar refractivity (Wildman–Crippen MR) is 82.3 cm³/mol. The summed E-state index contributed by atoms with van der Waals surface area (Å²) in [6.45, 7) is 3.88. The fraction of sp³-hybridized carbons (Fsp3) is 0.500. The van der Waals surface area contributed by atoms with Crippen LogP contribution in [0.1, 0.15) is 38.0 Å². The Labute approximate surface area is 131 Å². The first-order valence-electron chi connectivity index (χ1n) is 7.40. The summed E-state index contributed by atoms with van der Waals surface area (Å²) in [5.41, 5.74) is -0.153. The van der Waals surface area contributed by atoms with E-state index in [4.69, 9.17) is 4.52 Å². The second-order valence-electron chi connectivity index (χ2n) is 5.50. The predicted octanol–water partition coefficient (Wildman–Crippen LogP) is 0.378. The second kappa shape index (κ2) is 5.49. The van der Waals surface area contributed by atoms with Gasteiger partial charge in [-0.1, -0.05) is 12.1 Å². The zero-order valence-electron chi connectivity index (χ0n) is 13.5. The van der Waals surface area contributed by atoms with E-state index in [9.17, 15) is 9.59 Å². The summed E-state index contributed by atoms with van der Waals surface area (Å²) in [5.74, 6) is 1.04. The lowest BCUT2D eigenvalue weighted by Crippen LogP contribution is -2.37. The molecule has 0 amide bonds. The van der Waals surface area contributed by atoms with Crippen molar-refractivity contribution in [3.05, 3.63) is 38.9 Å². The number of rotatable bonds is 4. The molecule has 3 rings (SSSR count). The van der Waals surface area contributed by atoms with Gasteiger partial charge in [0.1, 0.15) is 6.04 Å². The van der Waals surface area contributed by atoms with Gasteiger partial charge in [0.2, 0.25) is 5.89 Å². The van der Waals surface area contributed by atoms with Crippen LogP contribution in [0, 0.1) is 0 Å². The highest BCUT2D eigenvalue weighted by Gasteiger charge is 2.22. The molecule has 3 heterocycles. The normalized spacial score (nSPS) is 12.9. The molecule has 0 radical (unpaired) electrons. The van der Waals surface area contributed by atoms with Crippen LogP contribution in [0.15, 0.2) is 20.4 Å². The highest BCUT2D eigenvalue weighted by Crippen LogP contribution is 2.19. The zero-order chi connectivity index (χ0) is 16.7. The number of nitrogens with zero attached hydrogens (tertiary/aromatic N) is 6. The molecule has 0 bridgehead atoms. The molecule has 9 heteroatoms. The topological polar surface area (TPSA) is 101 Å². The molecular weight excluding hydrogens is 300 g/mol. The monoisotopic (exact) mass is 318 g/mol. The first-order chi connectivity index (χ1) is 11.0. The first kappa shape index (κ1) is 15.2. The minimum absolute atomic E-state index is 0.331. The van der Waals surface area contributed by atoms with Gasteiger partial charge in [-0.25, -0.2) is 9.78 Å². The Morgan fingerprint density at radius 3 is 2.70 bits per heavy atom. The van der Waals surface area contributed by atoms with E-state index in [1.807, 2.05) is 13.8 Å². The fourth-order valence-electron chi connectivity index (χ4n) is 2.54. The number of hydrogen-bond acceptors (Lipinski definition) is 6. The molecule has 23 heavy (non-hydrogen) atoms. The fourth-order valence-corrected chi connectivity index (χ4v) is 2.54. The van der Waals surface area contributed by atoms with Crippen LogP contribution in [0.3, 0.4) is 0 Å². The van der Waals surface area contributed by atoms with E-state index in [2.05, 4.69) is 15.1 Å². The third-order valence-electron chi connectivity index (χ3n) is 3.91. The van der Waals surface area contributed by atoms with Crippen molar-refractivity contribution < 1.29 is 4.52 Å². The average molecular weight is 318 g/mol. The van der Waals surface area contributed by atoms with Crippen molar-refractivity contribution in [1.82, 2.24) is 28.8 Å². The zero-order valence-corrected chi connectivity index (χ0v) is 13.5. The smallest absolute Gasteiger partial charge is 0.332 e. The number of aryl methyl sites for hydroxylation is 2. The summed E-state index contributed by atoms with van der Waals surface area (Å²) in [7, 11) is 3.02. The van der Waals surface area contributed by atoms with Gasteiger partial charge in [-0.15, -0.1) is 0 Å². The molecule has 1 atom stereocenters. The minimum atomic E-state index is -0.413. The van der Waals surface area contributed by atoms with E-state index in [-0.39, 0.29) is 6.04 Å². The number of imidazole rings is 1. The van der Waals surface area contributed by atoms with Crippen LogP contribution >= 0.6 is 0 Å². The van der Waals surface area contributed by atoms with Gasteiger partial charge in [-0.3, -0.25) is 13.9 Å². The number of hydrogen-bond donors (Lipinski definition) is 0. The highest BCUT2D eigenvalue weighted by molar-refractivity contribution is 5.70. The summed E-state index contributed by atoms with van der Waals surface area (Å²) >= 11 is 0. The van der Waals surface area contributed by atoms with Gasteiger partial charge < -0.3 is 9.09 Å². The second-order valence-corrected chi connectivity index (χ2v) is 5.50. The molecule has 0 saturated carbocycles. The molecule has 0 aliphatic rings. The van der Waals surface area contributed by atoms with Crippen molar-refractivity contribution >= 4 is 11.2 Å². The lowest BCUT2D eigenvalue weighted by Gasteiger charge is -2.10. The maximum atomic E-state index is 12.4. The molecule has 9 nitrogen and oxygen atoms in total. The summed E-state index contributed by atoms with van der Waals surface area (Å²) in [6.07, 6.45) is 3.17. The molecule has 3 aromatic heterocycles. The SMILES string of the molecule is CCCc1noc([C@@H](C)n2cnc3c2c(=O)n(C)c(=O)n3C)n1. The summed E-state index contributed by atoms with van der Waals surface area (Å²) in [4.78, 5) is 33.0. The quantitative estimate of drug-likeness (QED) is 0.689. The summed E-state index contributed by atoms with van der Waals surface area (Å²) in [6, 6.07) is -0.358. The van der Waals surface area contributed by atoms with Crippen LogP contribution in [0.25, 0.3) is 11.2 Å². The standard InChI is InChI=1S/C14H18N6O3/c1-5-6-9-16-12(23-17-9)8(2)20-7-15-11-10(20)13(21)19(4)14(22)18(11)3/h7-8H,5-6H2,1-4H3/t8-/m1/s1. The molecule has 0 aliphatic heterocycles. The molecule has 0 unspecified atom stereocenters. The van der Waals surface area contributed by atoms with Crippen molar-refractivity contribution in [3.63, 3.8) is 0 Å². The Bertz CT molecular complexity index is 977. The molecule has 0 N–H and O–H groups in total. The Hall–Kier alpha value is -2.71. The Morgan fingerprint density at radius 1 is 1.26 bits per heavy atom. The van der Waals surface area contributed by atoms with Gasteiger partial charge in [-0.2, -0.15) is 4.98 Å². The summed E-state index contributed by atoms with van der Waals surface area (Å²) < 4.78 is 9.34. The molecule has 0 saturated heterocycles. The van der Waals surface area contributed by atoms with Gasteiger partial charge in [0.05, 0.1) is 6.33 Å². The first-order valence-corrected chi connectivity index (χ1v) is 7.40. The van der Waals surface area contributed by atoms with Crippen molar-refractivity contribution in [3.8, 4) is 0 Å². The molecule has 0 fully saturated rings. The van der Waals surface area contributed by atoms with Crippen molar-refractivity contribution in [2.24, 2.45) is 14.1 Å². The molecule has 0 aliphatic carbocycles. The van der Waals surface area contributed by atoms with E-state index < -0.39 is 11.2 Å². The van der Waals surface area contributed by atoms with Crippen LogP contribution in [-0.4, -0.2) is 28.8 Å². The largest absolute Gasteiger partial charge is 0.337 e. The summed E-state index contributed by atoms with van der Waals surface area (Å²) in [5, 5.41) is 3.93. The van der Waals surface area contributed by atoms with Gasteiger partial charge in [0.25, 0.3) is 5.56 Å². The number of fused-ring (bicyclic) bond motifs is 1. The van der Waals surface area contributed by atoms with Crippen molar-refractivity contribution in [1.29, 1.82) is 0 Å². The van der Waals surface area contributed by atoms with Gasteiger partial charge in [-0.05, 0) is 13.3 Å². The highest BCUT2D eigenvalue weighted by atomic mass is 16.5. The van der Waals surface area contributed by atoms with Crippen molar-refractivity contribution in [2.75, 3.05) is 0 Å². The number of aromatic nitrogens is 6. The van der Waals surface area contributed by atoms with E-state index in [0.717, 1.165) is 17.4 Å². The Morgan fingerprint density at radius 2 is 2.00 bits per heavy atom. The van der Waals surface area contributed by atoms with Crippen LogP contribution in [0.5, 0.6) is 0 Å². The third kappa shape index (κ3) is 2.28. The molecule has 0 spiro atoms. The van der Waals surface area contributed by atoms with Gasteiger partial charge in [0.15, 0.2) is 17.0 Å². The average Bonchev–Trinajstić information content (AvgIpc) is 3.17. The van der Waals surface area contributed by atoms with E-state index >= 15 is 0 Å². The van der Waals surface area contributed by atoms with Crippen LogP contribution in [0.2, 0.25) is 0 Å². The maximum absolute atomic E-state index is 12.4. The van der Waals surface area contributed by atoms with Crippen LogP contribution < -0.4 is 11.2 Å². The molecule has 0 aromatic carbocycles. The van der Waals surface area contributed by atoms with Gasteiger partial charge >= 0.3 is 5.69 Å². The minimum Gasteiger partial charge on any atom is -0.337 e. The Balaban J connectivity index is 2.16. The van der Waals surface area contributed by atoms with Crippen LogP contribution in [0.4, 0.5) is 0 Å². The van der Waals surface area contributed by atoms with E-state index in [1.54, 1.807) is 11.6 Å². The van der Waals surface area contributed by atoms with E-state index in [0.29, 0.717) is 22.9 Å². The van der Waals surface area contributed by atoms with Crippen LogP contribution in [-0.2, 0) is 20.5 Å². The lowest BCUT2D eigenvalue weighted by molar-refractivity contribution is 0.343.